The van der Waals surface area contributed by atoms with Crippen molar-refractivity contribution in [1.29, 1.82) is 0 Å². The quantitative estimate of drug-likeness (QED) is 0.604. The van der Waals surface area contributed by atoms with E-state index in [2.05, 4.69) is 5.32 Å². The summed E-state index contributed by atoms with van der Waals surface area (Å²) in [7, 11) is 0. The molecule has 13 heavy (non-hydrogen) atoms. The third-order valence-corrected chi connectivity index (χ3v) is 2.57. The van der Waals surface area contributed by atoms with Crippen LogP contribution in [0.1, 0.15) is 26.2 Å². The molecule has 0 aromatic rings. The van der Waals surface area contributed by atoms with Crippen LogP contribution in [-0.4, -0.2) is 37.5 Å². The molecule has 3 nitrogen and oxygen atoms in total. The molecule has 0 aliphatic heterocycles. The van der Waals surface area contributed by atoms with E-state index in [4.69, 9.17) is 4.74 Å². The van der Waals surface area contributed by atoms with Crippen molar-refractivity contribution in [3.63, 3.8) is 0 Å². The Balaban J connectivity index is 1.88. The number of ether oxygens (including phenoxy) is 1. The first kappa shape index (κ1) is 11.0. The average Bonchev–Trinajstić information content (AvgIpc) is 2.51. The molecule has 78 valence electrons. The molecule has 0 aromatic heterocycles. The Hall–Kier alpha value is -0.120. The van der Waals surface area contributed by atoms with Gasteiger partial charge in [-0.3, -0.25) is 0 Å². The summed E-state index contributed by atoms with van der Waals surface area (Å²) >= 11 is 0. The van der Waals surface area contributed by atoms with Crippen LogP contribution < -0.4 is 5.32 Å². The number of hydrogen-bond acceptors (Lipinski definition) is 3. The average molecular weight is 187 g/mol. The number of aliphatic hydroxyl groups excluding tert-OH is 1. The molecule has 0 saturated heterocycles. The monoisotopic (exact) mass is 187 g/mol. The third-order valence-electron chi connectivity index (χ3n) is 2.57. The van der Waals surface area contributed by atoms with Gasteiger partial charge in [-0.25, -0.2) is 0 Å². The first-order chi connectivity index (χ1) is 6.33. The van der Waals surface area contributed by atoms with Gasteiger partial charge in [-0.2, -0.15) is 0 Å². The van der Waals surface area contributed by atoms with Crippen LogP contribution in [-0.2, 0) is 4.74 Å². The molecule has 0 spiro atoms. The predicted octanol–water partition coefficient (Wildman–Crippen LogP) is 0.773. The van der Waals surface area contributed by atoms with E-state index in [1.165, 1.54) is 6.42 Å². The minimum atomic E-state index is -0.0429. The molecule has 2 unspecified atom stereocenters. The van der Waals surface area contributed by atoms with Crippen molar-refractivity contribution in [3.05, 3.63) is 0 Å². The number of aliphatic hydroxyl groups is 1. The Labute approximate surface area is 80.5 Å². The second-order valence-electron chi connectivity index (χ2n) is 3.73. The van der Waals surface area contributed by atoms with Gasteiger partial charge in [0.1, 0.15) is 0 Å². The van der Waals surface area contributed by atoms with E-state index in [1.807, 2.05) is 6.92 Å². The lowest BCUT2D eigenvalue weighted by atomic mass is 10.1. The summed E-state index contributed by atoms with van der Waals surface area (Å²) in [6, 6.07) is 0. The van der Waals surface area contributed by atoms with Crippen LogP contribution >= 0.6 is 0 Å². The largest absolute Gasteiger partial charge is 0.393 e. The minimum absolute atomic E-state index is 0.0429. The Morgan fingerprint density at radius 3 is 2.92 bits per heavy atom. The Morgan fingerprint density at radius 1 is 1.46 bits per heavy atom. The van der Waals surface area contributed by atoms with Crippen LogP contribution in [0, 0.1) is 5.92 Å². The van der Waals surface area contributed by atoms with Crippen molar-refractivity contribution >= 4 is 0 Å². The van der Waals surface area contributed by atoms with E-state index in [0.717, 1.165) is 39.1 Å². The fraction of sp³-hybridized carbons (Fsp3) is 1.00. The van der Waals surface area contributed by atoms with E-state index in [9.17, 15) is 5.11 Å². The molecule has 0 amide bonds. The summed E-state index contributed by atoms with van der Waals surface area (Å²) in [6.45, 7) is 5.56. The molecule has 1 saturated carbocycles. The van der Waals surface area contributed by atoms with E-state index in [-0.39, 0.29) is 6.10 Å². The zero-order chi connectivity index (χ0) is 9.52. The molecule has 3 heteroatoms. The van der Waals surface area contributed by atoms with Crippen LogP contribution in [0.5, 0.6) is 0 Å². The van der Waals surface area contributed by atoms with E-state index in [0.29, 0.717) is 5.92 Å². The van der Waals surface area contributed by atoms with Crippen LogP contribution in [0.3, 0.4) is 0 Å². The van der Waals surface area contributed by atoms with Crippen molar-refractivity contribution in [2.45, 2.75) is 32.3 Å². The van der Waals surface area contributed by atoms with Gasteiger partial charge < -0.3 is 15.2 Å². The highest BCUT2D eigenvalue weighted by Gasteiger charge is 2.21. The topological polar surface area (TPSA) is 41.5 Å². The van der Waals surface area contributed by atoms with Crippen LogP contribution in [0.25, 0.3) is 0 Å². The summed E-state index contributed by atoms with van der Waals surface area (Å²) in [5, 5.41) is 12.6. The minimum Gasteiger partial charge on any atom is -0.393 e. The second-order valence-corrected chi connectivity index (χ2v) is 3.73. The Morgan fingerprint density at radius 2 is 2.31 bits per heavy atom. The summed E-state index contributed by atoms with van der Waals surface area (Å²) in [4.78, 5) is 0. The predicted molar refractivity (Wildman–Crippen MR) is 52.7 cm³/mol. The zero-order valence-electron chi connectivity index (χ0n) is 8.46. The van der Waals surface area contributed by atoms with Gasteiger partial charge in [0.2, 0.25) is 0 Å². The number of hydrogen-bond donors (Lipinski definition) is 2. The molecule has 0 aromatic carbocycles. The van der Waals surface area contributed by atoms with Gasteiger partial charge in [-0.15, -0.1) is 0 Å². The summed E-state index contributed by atoms with van der Waals surface area (Å²) < 4.78 is 5.21. The van der Waals surface area contributed by atoms with Gasteiger partial charge in [0, 0.05) is 13.2 Å². The molecule has 1 aliphatic carbocycles. The third kappa shape index (κ3) is 4.60. The first-order valence-corrected chi connectivity index (χ1v) is 5.29. The van der Waals surface area contributed by atoms with E-state index >= 15 is 0 Å². The summed E-state index contributed by atoms with van der Waals surface area (Å²) in [5.41, 5.74) is 0. The van der Waals surface area contributed by atoms with Crippen molar-refractivity contribution in [2.75, 3.05) is 26.3 Å². The van der Waals surface area contributed by atoms with Crippen molar-refractivity contribution < 1.29 is 9.84 Å². The highest BCUT2D eigenvalue weighted by atomic mass is 16.5. The standard InChI is InChI=1S/C10H21NO2/c1-2-13-6-5-11-8-9-3-4-10(12)7-9/h9-12H,2-8H2,1H3. The van der Waals surface area contributed by atoms with E-state index < -0.39 is 0 Å². The lowest BCUT2D eigenvalue weighted by Crippen LogP contribution is -2.25. The van der Waals surface area contributed by atoms with Gasteiger partial charge in [-0.05, 0) is 38.6 Å². The van der Waals surface area contributed by atoms with Gasteiger partial charge in [0.05, 0.1) is 12.7 Å². The van der Waals surface area contributed by atoms with Gasteiger partial charge in [0.15, 0.2) is 0 Å². The lowest BCUT2D eigenvalue weighted by molar-refractivity contribution is 0.147. The Bertz CT molecular complexity index is 130. The molecule has 0 heterocycles. The maximum atomic E-state index is 9.29. The van der Waals surface area contributed by atoms with Crippen LogP contribution in [0.4, 0.5) is 0 Å². The molecule has 1 fully saturated rings. The van der Waals surface area contributed by atoms with Gasteiger partial charge >= 0.3 is 0 Å². The SMILES string of the molecule is CCOCCNCC1CCC(O)C1. The van der Waals surface area contributed by atoms with E-state index in [1.54, 1.807) is 0 Å². The zero-order valence-corrected chi connectivity index (χ0v) is 8.46. The maximum absolute atomic E-state index is 9.29. The first-order valence-electron chi connectivity index (χ1n) is 5.29. The van der Waals surface area contributed by atoms with Gasteiger partial charge in [-0.1, -0.05) is 0 Å². The normalized spacial score (nSPS) is 28.2. The lowest BCUT2D eigenvalue weighted by Gasteiger charge is -2.10. The Kier molecular flexibility index (Phi) is 5.35. The fourth-order valence-corrected chi connectivity index (χ4v) is 1.83. The highest BCUT2D eigenvalue weighted by molar-refractivity contribution is 4.75. The molecule has 2 atom stereocenters. The summed E-state index contributed by atoms with van der Waals surface area (Å²) in [5.74, 6) is 0.677. The fourth-order valence-electron chi connectivity index (χ4n) is 1.83. The van der Waals surface area contributed by atoms with Crippen LogP contribution in [0.2, 0.25) is 0 Å². The van der Waals surface area contributed by atoms with Crippen molar-refractivity contribution in [3.8, 4) is 0 Å². The van der Waals surface area contributed by atoms with Crippen molar-refractivity contribution in [2.24, 2.45) is 5.92 Å². The molecule has 0 radical (unpaired) electrons. The second kappa shape index (κ2) is 6.35. The molecular weight excluding hydrogens is 166 g/mol. The molecular formula is C10H21NO2. The van der Waals surface area contributed by atoms with Crippen molar-refractivity contribution in [1.82, 2.24) is 5.32 Å². The smallest absolute Gasteiger partial charge is 0.0590 e. The number of rotatable bonds is 6. The number of nitrogens with one attached hydrogen (secondary N) is 1. The highest BCUT2D eigenvalue weighted by Crippen LogP contribution is 2.24. The van der Waals surface area contributed by atoms with Gasteiger partial charge in [0.25, 0.3) is 0 Å². The summed E-state index contributed by atoms with van der Waals surface area (Å²) in [6.07, 6.45) is 3.08. The van der Waals surface area contributed by atoms with Crippen LogP contribution in [0.15, 0.2) is 0 Å². The molecule has 1 rings (SSSR count). The maximum Gasteiger partial charge on any atom is 0.0590 e. The molecule has 1 aliphatic rings. The molecule has 0 bridgehead atoms. The molecule has 2 N–H and O–H groups in total.